The van der Waals surface area contributed by atoms with Gasteiger partial charge in [-0.1, -0.05) is 291 Å². The van der Waals surface area contributed by atoms with Crippen molar-refractivity contribution in [1.29, 1.82) is 0 Å². The fourth-order valence-corrected chi connectivity index (χ4v) is 22.0. The van der Waals surface area contributed by atoms with E-state index >= 15 is 0 Å². The number of hydrogen-bond acceptors (Lipinski definition) is 4. The standard InChI is InChI=1S/C96H54S4/c1-2-18-55(19-3-1)56-38-42-62(43-39-56)85-68-25-8-12-29-72(68)87(73-30-13-9-26-69(73)85)80-54-84-90(91-89-65-22-6-4-20-60(65)47-51-83(89)99-96(80)91)79-52-64(48-50-82(79)97-84)59-36-34-57(35-37-59)58-40-44-63(45-41-58)86-70-27-10-14-31-74(70)88(75-32-15-11-28-71(75)86)92-94-77(67-24-16-17-33-81(67)98-94)53-78-76-49-46-61-21-5-7-23-66(61)93(76)100-95(78)92/h1-54H. The van der Waals surface area contributed by atoms with Crippen LogP contribution in [0.3, 0.4) is 0 Å². The highest BCUT2D eigenvalue weighted by Gasteiger charge is 2.27. The molecule has 0 amide bonds. The first-order valence-corrected chi connectivity index (χ1v) is 37.5. The van der Waals surface area contributed by atoms with E-state index in [1.807, 2.05) is 45.3 Å². The molecule has 100 heavy (non-hydrogen) atoms. The molecule has 0 aliphatic carbocycles. The van der Waals surface area contributed by atoms with Crippen molar-refractivity contribution in [2.24, 2.45) is 0 Å². The smallest absolute Gasteiger partial charge is 0.0449 e. The van der Waals surface area contributed by atoms with Crippen molar-refractivity contribution in [1.82, 2.24) is 0 Å². The molecule has 4 aromatic heterocycles. The zero-order valence-corrected chi connectivity index (χ0v) is 57.1. The molecule has 22 aromatic rings. The van der Waals surface area contributed by atoms with Crippen molar-refractivity contribution in [3.63, 3.8) is 0 Å². The average molecular weight is 1340 g/mol. The summed E-state index contributed by atoms with van der Waals surface area (Å²) in [6, 6.07) is 124. The first kappa shape index (κ1) is 56.4. The van der Waals surface area contributed by atoms with E-state index in [1.165, 1.54) is 223 Å². The summed E-state index contributed by atoms with van der Waals surface area (Å²) < 4.78 is 10.6. The van der Waals surface area contributed by atoms with Crippen LogP contribution in [-0.4, -0.2) is 0 Å². The summed E-state index contributed by atoms with van der Waals surface area (Å²) in [4.78, 5) is 0. The average Bonchev–Trinajstić information content (AvgIpc) is 1.47. The molecule has 0 bridgehead atoms. The van der Waals surface area contributed by atoms with Crippen molar-refractivity contribution in [3.8, 4) is 77.9 Å². The van der Waals surface area contributed by atoms with E-state index < -0.39 is 0 Å². The summed E-state index contributed by atoms with van der Waals surface area (Å²) in [5.41, 5.74) is 17.5. The van der Waals surface area contributed by atoms with Crippen LogP contribution in [0.2, 0.25) is 0 Å². The summed E-state index contributed by atoms with van der Waals surface area (Å²) in [7, 11) is 0. The molecule has 0 nitrogen and oxygen atoms in total. The van der Waals surface area contributed by atoms with E-state index in [9.17, 15) is 0 Å². The van der Waals surface area contributed by atoms with Gasteiger partial charge in [0, 0.05) is 97.4 Å². The number of thiophene rings is 4. The van der Waals surface area contributed by atoms with Gasteiger partial charge in [-0.2, -0.15) is 0 Å². The van der Waals surface area contributed by atoms with Gasteiger partial charge < -0.3 is 0 Å². The predicted molar refractivity (Wildman–Crippen MR) is 441 cm³/mol. The van der Waals surface area contributed by atoms with Crippen LogP contribution in [0.5, 0.6) is 0 Å². The van der Waals surface area contributed by atoms with Crippen LogP contribution < -0.4 is 0 Å². The third-order valence-corrected chi connectivity index (χ3v) is 26.2. The van der Waals surface area contributed by atoms with Gasteiger partial charge in [0.1, 0.15) is 0 Å². The lowest BCUT2D eigenvalue weighted by molar-refractivity contribution is 1.60. The van der Waals surface area contributed by atoms with Crippen LogP contribution in [0.1, 0.15) is 0 Å². The van der Waals surface area contributed by atoms with Gasteiger partial charge in [-0.3, -0.25) is 0 Å². The van der Waals surface area contributed by atoms with Crippen LogP contribution in [0.25, 0.3) is 223 Å². The van der Waals surface area contributed by atoms with E-state index in [1.54, 1.807) is 0 Å². The lowest BCUT2D eigenvalue weighted by Gasteiger charge is -2.19. The summed E-state index contributed by atoms with van der Waals surface area (Å²) >= 11 is 7.77. The van der Waals surface area contributed by atoms with Gasteiger partial charge in [0.2, 0.25) is 0 Å². The van der Waals surface area contributed by atoms with Crippen LogP contribution in [0.4, 0.5) is 0 Å². The second-order valence-corrected chi connectivity index (χ2v) is 30.9. The second kappa shape index (κ2) is 22.0. The Balaban J connectivity index is 0.661. The lowest BCUT2D eigenvalue weighted by atomic mass is 9.85. The first-order chi connectivity index (χ1) is 49.6. The van der Waals surface area contributed by atoms with E-state index in [2.05, 4.69) is 328 Å². The number of benzene rings is 18. The third-order valence-electron chi connectivity index (χ3n) is 21.4. The monoisotopic (exact) mass is 1330 g/mol. The molecule has 0 aliphatic rings. The predicted octanol–water partition coefficient (Wildman–Crippen LogP) is 29.7. The Morgan fingerprint density at radius 2 is 0.550 bits per heavy atom. The third kappa shape index (κ3) is 8.37. The van der Waals surface area contributed by atoms with Gasteiger partial charge in [-0.15, -0.1) is 45.3 Å². The molecule has 0 spiro atoms. The molecular weight excluding hydrogens is 1280 g/mol. The van der Waals surface area contributed by atoms with Crippen molar-refractivity contribution in [2.45, 2.75) is 0 Å². The molecule has 0 unspecified atom stereocenters. The van der Waals surface area contributed by atoms with Crippen molar-refractivity contribution < 1.29 is 0 Å². The largest absolute Gasteiger partial charge is 0.135 e. The van der Waals surface area contributed by atoms with Crippen LogP contribution in [0, 0.1) is 0 Å². The SMILES string of the molecule is c1ccc(-c2ccc(-c3c4ccccc4c(-c4cc5sc6ccc(-c7ccc(-c8ccc(-c9c%10ccccc%10c(-c%10c%11sc%12ccccc%12c%11cc%11c%10sc%10c%12ccccc%12ccc%11%10)c%10ccccc9%10)cc8)cc7)cc6c5c5c4sc4ccc6ccccc6c45)c4ccccc34)cc2)cc1. The van der Waals surface area contributed by atoms with Gasteiger partial charge in [0.25, 0.3) is 0 Å². The summed E-state index contributed by atoms with van der Waals surface area (Å²) in [5, 5.41) is 25.9. The van der Waals surface area contributed by atoms with Gasteiger partial charge >= 0.3 is 0 Å². The number of fused-ring (bicyclic) bond motifs is 21. The second-order valence-electron chi connectivity index (χ2n) is 26.7. The summed E-state index contributed by atoms with van der Waals surface area (Å²) in [5.74, 6) is 0. The highest BCUT2D eigenvalue weighted by Crippen LogP contribution is 2.57. The molecule has 462 valence electrons. The minimum Gasteiger partial charge on any atom is -0.135 e. The summed E-state index contributed by atoms with van der Waals surface area (Å²) in [6.45, 7) is 0. The highest BCUT2D eigenvalue weighted by atomic mass is 32.1. The lowest BCUT2D eigenvalue weighted by Crippen LogP contribution is -1.91. The molecular formula is C96H54S4. The molecule has 18 aromatic carbocycles. The molecule has 4 heteroatoms. The van der Waals surface area contributed by atoms with Crippen molar-refractivity contribution in [3.05, 3.63) is 328 Å². The zero-order valence-electron chi connectivity index (χ0n) is 53.8. The van der Waals surface area contributed by atoms with Crippen LogP contribution >= 0.6 is 45.3 Å². The minimum atomic E-state index is 1.19. The topological polar surface area (TPSA) is 0 Å². The molecule has 0 saturated heterocycles. The Kier molecular flexibility index (Phi) is 12.4. The maximum atomic E-state index is 2.54. The normalized spacial score (nSPS) is 12.2. The maximum Gasteiger partial charge on any atom is 0.0449 e. The Bertz CT molecular complexity index is 7110. The maximum absolute atomic E-state index is 2.54. The van der Waals surface area contributed by atoms with Gasteiger partial charge in [-0.25, -0.2) is 0 Å². The Hall–Kier alpha value is -11.6. The Labute approximate surface area is 591 Å². The van der Waals surface area contributed by atoms with Gasteiger partial charge in [0.05, 0.1) is 0 Å². The number of rotatable bonds is 7. The molecule has 0 aliphatic heterocycles. The Morgan fingerprint density at radius 1 is 0.150 bits per heavy atom. The molecule has 0 radical (unpaired) electrons. The van der Waals surface area contributed by atoms with Gasteiger partial charge in [-0.05, 0) is 162 Å². The fraction of sp³-hybridized carbons (Fsp3) is 0. The minimum absolute atomic E-state index is 1.19. The quantitative estimate of drug-likeness (QED) is 0.140. The molecule has 0 fully saturated rings. The van der Waals surface area contributed by atoms with E-state index in [0.717, 1.165) is 0 Å². The molecule has 0 saturated carbocycles. The molecule has 4 heterocycles. The summed E-state index contributed by atoms with van der Waals surface area (Å²) in [6.07, 6.45) is 0. The fourth-order valence-electron chi connectivity index (χ4n) is 17.0. The Morgan fingerprint density at radius 3 is 1.15 bits per heavy atom. The molecule has 0 atom stereocenters. The first-order valence-electron chi connectivity index (χ1n) is 34.3. The van der Waals surface area contributed by atoms with E-state index in [-0.39, 0.29) is 0 Å². The van der Waals surface area contributed by atoms with Crippen molar-refractivity contribution >= 4 is 191 Å². The van der Waals surface area contributed by atoms with Crippen molar-refractivity contribution in [2.75, 3.05) is 0 Å². The van der Waals surface area contributed by atoms with Crippen LogP contribution in [0.15, 0.2) is 328 Å². The molecule has 22 rings (SSSR count). The van der Waals surface area contributed by atoms with E-state index in [0.29, 0.717) is 0 Å². The number of hydrogen-bond donors (Lipinski definition) is 0. The van der Waals surface area contributed by atoms with E-state index in [4.69, 9.17) is 0 Å². The molecule has 0 N–H and O–H groups in total. The van der Waals surface area contributed by atoms with Gasteiger partial charge in [0.15, 0.2) is 0 Å². The zero-order chi connectivity index (χ0) is 65.3. The van der Waals surface area contributed by atoms with Crippen LogP contribution in [-0.2, 0) is 0 Å². The highest BCUT2D eigenvalue weighted by molar-refractivity contribution is 7.30.